The third-order valence-corrected chi connectivity index (χ3v) is 1.12. The summed E-state index contributed by atoms with van der Waals surface area (Å²) in [4.78, 5) is 9.99. The maximum atomic E-state index is 9.99. The van der Waals surface area contributed by atoms with E-state index >= 15 is 0 Å². The normalized spacial score (nSPS) is 8.09. The van der Waals surface area contributed by atoms with E-state index in [0.717, 1.165) is 0 Å². The van der Waals surface area contributed by atoms with Gasteiger partial charge < -0.3 is 0 Å². The number of benzene rings is 1. The van der Waals surface area contributed by atoms with Gasteiger partial charge in [-0.2, -0.15) is 0 Å². The topological polar surface area (TPSA) is 61.7 Å². The molecule has 0 bridgehead atoms. The van der Waals surface area contributed by atoms with Crippen LogP contribution in [0.5, 0.6) is 0 Å². The smallest absolute Gasteiger partial charge is 0.291 e. The van der Waals surface area contributed by atoms with Crippen LogP contribution in [0.15, 0.2) is 29.4 Å². The molecule has 0 aliphatic carbocycles. The number of nitroso groups, excluding NO2 is 1. The summed E-state index contributed by atoms with van der Waals surface area (Å²) in [6, 6.07) is 6.41. The minimum atomic E-state index is 0. The molecule has 5 heteroatoms. The van der Waals surface area contributed by atoms with E-state index in [4.69, 9.17) is 5.21 Å². The minimum Gasteiger partial charge on any atom is -0.291 e. The molecule has 1 aromatic rings. The number of hydrogen-bond acceptors (Lipinski definition) is 4. The molecule has 0 radical (unpaired) electrons. The van der Waals surface area contributed by atoms with Gasteiger partial charge in [0.2, 0.25) is 0 Å². The van der Waals surface area contributed by atoms with Crippen LogP contribution in [0.25, 0.3) is 0 Å². The van der Waals surface area contributed by atoms with E-state index in [2.05, 4.69) is 5.18 Å². The van der Waals surface area contributed by atoms with Crippen LogP contribution in [0, 0.1) is 4.91 Å². The molecule has 0 heterocycles. The van der Waals surface area contributed by atoms with Gasteiger partial charge in [0.05, 0.1) is 5.69 Å². The molecule has 0 aliphatic heterocycles. The molecule has 11 heavy (non-hydrogen) atoms. The van der Waals surface area contributed by atoms with Crippen molar-refractivity contribution >= 4 is 28.7 Å². The van der Waals surface area contributed by atoms with Crippen LogP contribution in [0.1, 0.15) is 0 Å². The summed E-state index contributed by atoms with van der Waals surface area (Å²) in [6.45, 7) is 0. The number of nitrogens with one attached hydrogen (secondary N) is 1. The maximum Gasteiger partial charge on any atom is 3.00 e. The molecule has 52 valence electrons. The number of para-hydroxylation sites is 1. The van der Waals surface area contributed by atoms with E-state index in [1.807, 2.05) is 5.48 Å². The Balaban J connectivity index is 0.000001000. The van der Waals surface area contributed by atoms with Gasteiger partial charge >= 0.3 is 17.4 Å². The van der Waals surface area contributed by atoms with Crippen molar-refractivity contribution in [3.05, 3.63) is 29.2 Å². The second-order valence-corrected chi connectivity index (χ2v) is 1.72. The molecule has 0 aliphatic rings. The van der Waals surface area contributed by atoms with Crippen molar-refractivity contribution in [1.29, 1.82) is 0 Å². The number of nitrogens with zero attached hydrogens (tertiary/aromatic N) is 1. The predicted octanol–water partition coefficient (Wildman–Crippen LogP) is 1.50. The van der Waals surface area contributed by atoms with Crippen molar-refractivity contribution in [2.45, 2.75) is 0 Å². The average molecular weight is 165 g/mol. The number of hydrogen-bond donors (Lipinski definition) is 2. The fourth-order valence-corrected chi connectivity index (χ4v) is 0.648. The van der Waals surface area contributed by atoms with Crippen LogP contribution in [0.2, 0.25) is 0 Å². The Kier molecular flexibility index (Phi) is 4.46. The first-order valence-corrected chi connectivity index (χ1v) is 2.71. The minimum absolute atomic E-state index is 0. The fourth-order valence-electron chi connectivity index (χ4n) is 0.648. The molecule has 1 aromatic carbocycles. The van der Waals surface area contributed by atoms with Gasteiger partial charge in [-0.15, -0.1) is 4.91 Å². The zero-order valence-electron chi connectivity index (χ0n) is 5.69. The van der Waals surface area contributed by atoms with E-state index < -0.39 is 0 Å². The standard InChI is InChI=1S/C6H6N2O2.Al/c9-7-5-3-1-2-4-6(5)8-10;/h1-4,7,9H;/q;+3. The van der Waals surface area contributed by atoms with E-state index in [0.29, 0.717) is 5.69 Å². The Labute approximate surface area is 74.3 Å². The summed E-state index contributed by atoms with van der Waals surface area (Å²) < 4.78 is 0. The van der Waals surface area contributed by atoms with Crippen molar-refractivity contribution < 1.29 is 5.21 Å². The molecule has 0 fully saturated rings. The number of rotatable bonds is 2. The first kappa shape index (κ1) is 10.1. The van der Waals surface area contributed by atoms with Crippen molar-refractivity contribution in [3.63, 3.8) is 0 Å². The van der Waals surface area contributed by atoms with E-state index in [-0.39, 0.29) is 23.0 Å². The first-order chi connectivity index (χ1) is 4.88. The van der Waals surface area contributed by atoms with Gasteiger partial charge in [0, 0.05) is 0 Å². The van der Waals surface area contributed by atoms with Gasteiger partial charge in [-0.3, -0.25) is 10.7 Å². The quantitative estimate of drug-likeness (QED) is 0.396. The van der Waals surface area contributed by atoms with Gasteiger partial charge in [0.1, 0.15) is 5.69 Å². The van der Waals surface area contributed by atoms with Gasteiger partial charge in [0.15, 0.2) is 0 Å². The molecule has 0 saturated carbocycles. The number of anilines is 1. The summed E-state index contributed by atoms with van der Waals surface area (Å²) in [5, 5.41) is 11.1. The van der Waals surface area contributed by atoms with E-state index in [1.165, 1.54) is 6.07 Å². The summed E-state index contributed by atoms with van der Waals surface area (Å²) >= 11 is 0. The summed E-state index contributed by atoms with van der Waals surface area (Å²) in [7, 11) is 0. The molecule has 0 atom stereocenters. The zero-order valence-corrected chi connectivity index (χ0v) is 6.84. The second-order valence-electron chi connectivity index (χ2n) is 1.72. The molecular formula is C6H6AlN2O2+3. The molecule has 4 nitrogen and oxygen atoms in total. The van der Waals surface area contributed by atoms with Gasteiger partial charge in [-0.1, -0.05) is 12.1 Å². The molecule has 0 saturated heterocycles. The Morgan fingerprint density at radius 1 is 1.36 bits per heavy atom. The summed E-state index contributed by atoms with van der Waals surface area (Å²) in [5.41, 5.74) is 2.37. The molecule has 1 rings (SSSR count). The van der Waals surface area contributed by atoms with Gasteiger partial charge in [-0.25, -0.2) is 0 Å². The van der Waals surface area contributed by atoms with Crippen LogP contribution in [-0.2, 0) is 0 Å². The molecule has 2 N–H and O–H groups in total. The largest absolute Gasteiger partial charge is 3.00 e. The maximum absolute atomic E-state index is 9.99. The van der Waals surface area contributed by atoms with Crippen LogP contribution in [-0.4, -0.2) is 22.6 Å². The molecular weight excluding hydrogens is 159 g/mol. The monoisotopic (exact) mass is 165 g/mol. The van der Waals surface area contributed by atoms with Crippen LogP contribution in [0.4, 0.5) is 11.4 Å². The fraction of sp³-hybridized carbons (Fsp3) is 0. The second kappa shape index (κ2) is 4.86. The van der Waals surface area contributed by atoms with Gasteiger partial charge in [0.25, 0.3) is 0 Å². The zero-order chi connectivity index (χ0) is 7.40. The van der Waals surface area contributed by atoms with Crippen LogP contribution >= 0.6 is 0 Å². The average Bonchev–Trinajstić information content (AvgIpc) is 2.04. The summed E-state index contributed by atoms with van der Waals surface area (Å²) in [5.74, 6) is 0. The van der Waals surface area contributed by atoms with E-state index in [1.54, 1.807) is 18.2 Å². The molecule has 0 aromatic heterocycles. The first-order valence-electron chi connectivity index (χ1n) is 2.71. The Morgan fingerprint density at radius 3 is 2.45 bits per heavy atom. The summed E-state index contributed by atoms with van der Waals surface area (Å²) in [6.07, 6.45) is 0. The Morgan fingerprint density at radius 2 is 2.00 bits per heavy atom. The molecule has 0 amide bonds. The van der Waals surface area contributed by atoms with Crippen molar-refractivity contribution in [2.75, 3.05) is 5.48 Å². The third kappa shape index (κ3) is 2.31. The third-order valence-electron chi connectivity index (χ3n) is 1.12. The van der Waals surface area contributed by atoms with Crippen molar-refractivity contribution in [1.82, 2.24) is 0 Å². The Bertz CT molecular complexity index is 242. The van der Waals surface area contributed by atoms with Gasteiger partial charge in [-0.05, 0) is 17.3 Å². The predicted molar refractivity (Wildman–Crippen MR) is 43.1 cm³/mol. The molecule has 0 unspecified atom stereocenters. The van der Waals surface area contributed by atoms with Crippen molar-refractivity contribution in [2.24, 2.45) is 5.18 Å². The van der Waals surface area contributed by atoms with Crippen molar-refractivity contribution in [3.8, 4) is 0 Å². The molecule has 0 spiro atoms. The van der Waals surface area contributed by atoms with Crippen LogP contribution < -0.4 is 5.48 Å². The SMILES string of the molecule is O=Nc1ccccc1NO.[Al+3]. The van der Waals surface area contributed by atoms with E-state index in [9.17, 15) is 4.91 Å². The van der Waals surface area contributed by atoms with Crippen LogP contribution in [0.3, 0.4) is 0 Å². The Hall–Kier alpha value is -0.888.